The SMILES string of the molecule is COC(=O)c1ccc(C)c(NC(=O)CN2CCC(Cc3ccc(OC)cc3)CC2)c1. The van der Waals surface area contributed by atoms with Crippen molar-refractivity contribution in [1.82, 2.24) is 4.90 Å². The molecule has 0 aromatic heterocycles. The Morgan fingerprint density at radius 3 is 2.40 bits per heavy atom. The van der Waals surface area contributed by atoms with E-state index in [1.54, 1.807) is 19.2 Å². The fourth-order valence-electron chi connectivity index (χ4n) is 3.84. The van der Waals surface area contributed by atoms with E-state index in [-0.39, 0.29) is 5.91 Å². The summed E-state index contributed by atoms with van der Waals surface area (Å²) in [4.78, 5) is 26.5. The minimum Gasteiger partial charge on any atom is -0.497 e. The zero-order valence-electron chi connectivity index (χ0n) is 17.9. The van der Waals surface area contributed by atoms with Gasteiger partial charge in [0.2, 0.25) is 5.91 Å². The number of carbonyl (C=O) groups excluding carboxylic acids is 2. The molecule has 2 aromatic rings. The van der Waals surface area contributed by atoms with Crippen LogP contribution in [0.3, 0.4) is 0 Å². The number of benzene rings is 2. The summed E-state index contributed by atoms with van der Waals surface area (Å²) in [6.07, 6.45) is 3.22. The highest BCUT2D eigenvalue weighted by molar-refractivity contribution is 5.96. The number of ether oxygens (including phenoxy) is 2. The quantitative estimate of drug-likeness (QED) is 0.705. The summed E-state index contributed by atoms with van der Waals surface area (Å²) in [5.41, 5.74) is 3.32. The smallest absolute Gasteiger partial charge is 0.337 e. The fourth-order valence-corrected chi connectivity index (χ4v) is 3.84. The topological polar surface area (TPSA) is 67.9 Å². The average Bonchev–Trinajstić information content (AvgIpc) is 2.76. The van der Waals surface area contributed by atoms with Crippen LogP contribution in [0.4, 0.5) is 5.69 Å². The van der Waals surface area contributed by atoms with E-state index < -0.39 is 5.97 Å². The second-order valence-electron chi connectivity index (χ2n) is 7.84. The van der Waals surface area contributed by atoms with E-state index in [0.717, 1.165) is 43.7 Å². The number of anilines is 1. The van der Waals surface area contributed by atoms with Gasteiger partial charge in [0, 0.05) is 5.69 Å². The van der Waals surface area contributed by atoms with Gasteiger partial charge in [0.05, 0.1) is 26.3 Å². The van der Waals surface area contributed by atoms with E-state index in [2.05, 4.69) is 22.3 Å². The van der Waals surface area contributed by atoms with Gasteiger partial charge in [0.25, 0.3) is 0 Å². The Balaban J connectivity index is 1.47. The van der Waals surface area contributed by atoms with Gasteiger partial charge in [-0.25, -0.2) is 4.79 Å². The maximum atomic E-state index is 12.5. The van der Waals surface area contributed by atoms with Gasteiger partial charge in [-0.15, -0.1) is 0 Å². The number of aryl methyl sites for hydroxylation is 1. The highest BCUT2D eigenvalue weighted by atomic mass is 16.5. The Kier molecular flexibility index (Phi) is 7.46. The molecule has 1 amide bonds. The molecule has 0 spiro atoms. The number of hydrogen-bond donors (Lipinski definition) is 1. The molecular formula is C24H30N2O4. The van der Waals surface area contributed by atoms with Crippen molar-refractivity contribution >= 4 is 17.6 Å². The maximum absolute atomic E-state index is 12.5. The average molecular weight is 411 g/mol. The van der Waals surface area contributed by atoms with Crippen molar-refractivity contribution in [1.29, 1.82) is 0 Å². The van der Waals surface area contributed by atoms with Crippen molar-refractivity contribution in [3.63, 3.8) is 0 Å². The molecule has 1 saturated heterocycles. The lowest BCUT2D eigenvalue weighted by Gasteiger charge is -2.31. The molecule has 1 N–H and O–H groups in total. The Labute approximate surface area is 178 Å². The lowest BCUT2D eigenvalue weighted by Crippen LogP contribution is -2.39. The number of piperidine rings is 1. The second-order valence-corrected chi connectivity index (χ2v) is 7.84. The minimum atomic E-state index is -0.413. The summed E-state index contributed by atoms with van der Waals surface area (Å²) >= 11 is 0. The molecule has 0 saturated carbocycles. The molecule has 0 unspecified atom stereocenters. The summed E-state index contributed by atoms with van der Waals surface area (Å²) in [6, 6.07) is 13.4. The van der Waals surface area contributed by atoms with Gasteiger partial charge in [-0.1, -0.05) is 18.2 Å². The third-order valence-corrected chi connectivity index (χ3v) is 5.69. The lowest BCUT2D eigenvalue weighted by atomic mass is 9.90. The number of amides is 1. The molecule has 1 aliphatic heterocycles. The van der Waals surface area contributed by atoms with Crippen molar-refractivity contribution in [2.24, 2.45) is 5.92 Å². The molecule has 30 heavy (non-hydrogen) atoms. The summed E-state index contributed by atoms with van der Waals surface area (Å²) in [6.45, 7) is 4.09. The van der Waals surface area contributed by atoms with Crippen LogP contribution in [-0.2, 0) is 16.0 Å². The van der Waals surface area contributed by atoms with Crippen LogP contribution in [0.5, 0.6) is 5.75 Å². The van der Waals surface area contributed by atoms with Crippen molar-refractivity contribution < 1.29 is 19.1 Å². The van der Waals surface area contributed by atoms with Gasteiger partial charge in [-0.3, -0.25) is 9.69 Å². The molecule has 0 bridgehead atoms. The monoisotopic (exact) mass is 410 g/mol. The largest absolute Gasteiger partial charge is 0.497 e. The van der Waals surface area contributed by atoms with Crippen LogP contribution in [-0.4, -0.2) is 50.6 Å². The Morgan fingerprint density at radius 2 is 1.77 bits per heavy atom. The van der Waals surface area contributed by atoms with Gasteiger partial charge < -0.3 is 14.8 Å². The zero-order chi connectivity index (χ0) is 21.5. The lowest BCUT2D eigenvalue weighted by molar-refractivity contribution is -0.117. The molecule has 6 heteroatoms. The van der Waals surface area contributed by atoms with Gasteiger partial charge in [0.15, 0.2) is 0 Å². The predicted octanol–water partition coefficient (Wildman–Crippen LogP) is 3.68. The third-order valence-electron chi connectivity index (χ3n) is 5.69. The van der Waals surface area contributed by atoms with E-state index in [9.17, 15) is 9.59 Å². The Morgan fingerprint density at radius 1 is 1.07 bits per heavy atom. The first-order valence-corrected chi connectivity index (χ1v) is 10.3. The second kappa shape index (κ2) is 10.3. The number of likely N-dealkylation sites (tertiary alicyclic amines) is 1. The van der Waals surface area contributed by atoms with Gasteiger partial charge in [0.1, 0.15) is 5.75 Å². The van der Waals surface area contributed by atoms with E-state index in [4.69, 9.17) is 9.47 Å². The number of hydrogen-bond acceptors (Lipinski definition) is 5. The van der Waals surface area contributed by atoms with Crippen LogP contribution in [0, 0.1) is 12.8 Å². The first-order chi connectivity index (χ1) is 14.5. The van der Waals surface area contributed by atoms with E-state index in [1.807, 2.05) is 25.1 Å². The summed E-state index contributed by atoms with van der Waals surface area (Å²) in [7, 11) is 3.02. The fraction of sp³-hybridized carbons (Fsp3) is 0.417. The zero-order valence-corrected chi connectivity index (χ0v) is 17.9. The number of methoxy groups -OCH3 is 2. The van der Waals surface area contributed by atoms with Crippen LogP contribution in [0.25, 0.3) is 0 Å². The van der Waals surface area contributed by atoms with Crippen LogP contribution in [0.15, 0.2) is 42.5 Å². The van der Waals surface area contributed by atoms with Gasteiger partial charge in [-0.05, 0) is 80.6 Å². The van der Waals surface area contributed by atoms with Gasteiger partial charge in [-0.2, -0.15) is 0 Å². The van der Waals surface area contributed by atoms with Crippen LogP contribution in [0.2, 0.25) is 0 Å². The molecule has 0 radical (unpaired) electrons. The van der Waals surface area contributed by atoms with E-state index in [1.165, 1.54) is 12.7 Å². The van der Waals surface area contributed by atoms with Gasteiger partial charge >= 0.3 is 5.97 Å². The molecule has 3 rings (SSSR count). The van der Waals surface area contributed by atoms with Crippen LogP contribution >= 0.6 is 0 Å². The van der Waals surface area contributed by atoms with Crippen molar-refractivity contribution in [2.75, 3.05) is 39.2 Å². The molecule has 1 fully saturated rings. The number of nitrogens with one attached hydrogen (secondary N) is 1. The standard InChI is InChI=1S/C24H30N2O4/c1-17-4-7-20(24(28)30-3)15-22(17)25-23(27)16-26-12-10-19(11-13-26)14-18-5-8-21(29-2)9-6-18/h4-9,15,19H,10-14,16H2,1-3H3,(H,25,27). The van der Waals surface area contributed by atoms with E-state index in [0.29, 0.717) is 23.7 Å². The van der Waals surface area contributed by atoms with Crippen LogP contribution < -0.4 is 10.1 Å². The number of nitrogens with zero attached hydrogens (tertiary/aromatic N) is 1. The molecule has 6 nitrogen and oxygen atoms in total. The van der Waals surface area contributed by atoms with Crippen molar-refractivity contribution in [2.45, 2.75) is 26.2 Å². The van der Waals surface area contributed by atoms with Crippen molar-refractivity contribution in [3.05, 3.63) is 59.2 Å². The Bertz CT molecular complexity index is 871. The Hall–Kier alpha value is -2.86. The number of rotatable bonds is 7. The molecule has 160 valence electrons. The molecule has 0 aliphatic carbocycles. The molecule has 0 atom stereocenters. The molecule has 1 aliphatic rings. The normalized spacial score (nSPS) is 14.9. The molecular weight excluding hydrogens is 380 g/mol. The summed E-state index contributed by atoms with van der Waals surface area (Å²) in [5.74, 6) is 1.04. The first-order valence-electron chi connectivity index (χ1n) is 10.3. The highest BCUT2D eigenvalue weighted by Crippen LogP contribution is 2.23. The maximum Gasteiger partial charge on any atom is 0.337 e. The molecule has 2 aromatic carbocycles. The third kappa shape index (κ3) is 5.83. The number of esters is 1. The van der Waals surface area contributed by atoms with Crippen LogP contribution in [0.1, 0.15) is 34.3 Å². The van der Waals surface area contributed by atoms with Crippen molar-refractivity contribution in [3.8, 4) is 5.75 Å². The first kappa shape index (κ1) is 21.8. The number of carbonyl (C=O) groups is 2. The minimum absolute atomic E-state index is 0.0614. The van der Waals surface area contributed by atoms with E-state index >= 15 is 0 Å². The predicted molar refractivity (Wildman–Crippen MR) is 117 cm³/mol. The summed E-state index contributed by atoms with van der Waals surface area (Å²) in [5, 5.41) is 2.94. The summed E-state index contributed by atoms with van der Waals surface area (Å²) < 4.78 is 9.97. The molecule has 1 heterocycles. The highest BCUT2D eigenvalue weighted by Gasteiger charge is 2.21.